The summed E-state index contributed by atoms with van der Waals surface area (Å²) in [5.41, 5.74) is 5.58. The normalized spacial score (nSPS) is 12.5. The number of rotatable bonds is 2. The van der Waals surface area contributed by atoms with Crippen LogP contribution in [0.5, 0.6) is 0 Å². The summed E-state index contributed by atoms with van der Waals surface area (Å²) < 4.78 is 1.18. The Bertz CT molecular complexity index is 558. The van der Waals surface area contributed by atoms with Gasteiger partial charge in [0.25, 0.3) is 0 Å². The average molecular weight is 352 g/mol. The van der Waals surface area contributed by atoms with E-state index in [1.165, 1.54) is 14.7 Å². The number of halogens is 1. The fourth-order valence-corrected chi connectivity index (χ4v) is 2.46. The van der Waals surface area contributed by atoms with Crippen molar-refractivity contribution in [2.24, 2.45) is 0 Å². The number of aryl methyl sites for hydroxylation is 3. The quantitative estimate of drug-likeness (QED) is 0.799. The van der Waals surface area contributed by atoms with Crippen molar-refractivity contribution in [1.29, 1.82) is 0 Å². The molecule has 0 aliphatic carbocycles. The third-order valence-corrected chi connectivity index (χ3v) is 4.08. The Morgan fingerprint density at radius 3 is 2.06 bits per heavy atom. The summed E-state index contributed by atoms with van der Waals surface area (Å²) in [4.78, 5) is 0. The first-order chi connectivity index (χ1) is 8.49. The summed E-state index contributed by atoms with van der Waals surface area (Å²) in [5, 5.41) is 10.5. The number of hydrogen-bond acceptors (Lipinski definition) is 1. The molecule has 0 saturated carbocycles. The zero-order valence-corrected chi connectivity index (χ0v) is 13.0. The summed E-state index contributed by atoms with van der Waals surface area (Å²) in [7, 11) is 0. The molecule has 0 fully saturated rings. The van der Waals surface area contributed by atoms with Crippen LogP contribution in [-0.4, -0.2) is 5.11 Å². The van der Waals surface area contributed by atoms with Crippen molar-refractivity contribution in [2.75, 3.05) is 0 Å². The molecular weight excluding hydrogens is 335 g/mol. The van der Waals surface area contributed by atoms with Crippen molar-refractivity contribution in [3.63, 3.8) is 0 Å². The lowest BCUT2D eigenvalue weighted by molar-refractivity contribution is 0.219. The molecule has 2 aromatic rings. The lowest BCUT2D eigenvalue weighted by atomic mass is 9.94. The molecule has 0 spiro atoms. The highest BCUT2D eigenvalue weighted by atomic mass is 127. The monoisotopic (exact) mass is 352 g/mol. The van der Waals surface area contributed by atoms with E-state index in [1.54, 1.807) is 0 Å². The van der Waals surface area contributed by atoms with Gasteiger partial charge >= 0.3 is 0 Å². The highest BCUT2D eigenvalue weighted by Crippen LogP contribution is 2.27. The summed E-state index contributed by atoms with van der Waals surface area (Å²) >= 11 is 2.27. The topological polar surface area (TPSA) is 20.2 Å². The second-order valence-corrected chi connectivity index (χ2v) is 5.99. The summed E-state index contributed by atoms with van der Waals surface area (Å²) in [6, 6.07) is 12.3. The summed E-state index contributed by atoms with van der Waals surface area (Å²) in [6.45, 7) is 6.24. The molecule has 1 unspecified atom stereocenters. The molecule has 1 nitrogen and oxygen atoms in total. The SMILES string of the molecule is Cc1cc(C)c(C(O)c2ccc(I)cc2)cc1C. The molecule has 1 atom stereocenters. The van der Waals surface area contributed by atoms with Crippen LogP contribution >= 0.6 is 22.6 Å². The number of aliphatic hydroxyl groups is 1. The van der Waals surface area contributed by atoms with Gasteiger partial charge in [0, 0.05) is 3.57 Å². The lowest BCUT2D eigenvalue weighted by Crippen LogP contribution is -2.03. The van der Waals surface area contributed by atoms with Gasteiger partial charge in [0.15, 0.2) is 0 Å². The van der Waals surface area contributed by atoms with Gasteiger partial charge in [0.2, 0.25) is 0 Å². The number of aliphatic hydroxyl groups excluding tert-OH is 1. The molecule has 18 heavy (non-hydrogen) atoms. The molecule has 0 radical (unpaired) electrons. The van der Waals surface area contributed by atoms with Crippen molar-refractivity contribution in [3.05, 3.63) is 67.8 Å². The van der Waals surface area contributed by atoms with E-state index in [1.807, 2.05) is 24.3 Å². The van der Waals surface area contributed by atoms with Crippen molar-refractivity contribution in [1.82, 2.24) is 0 Å². The molecule has 2 rings (SSSR count). The Morgan fingerprint density at radius 2 is 1.44 bits per heavy atom. The van der Waals surface area contributed by atoms with Crippen LogP contribution in [0.4, 0.5) is 0 Å². The Labute approximate surface area is 122 Å². The maximum Gasteiger partial charge on any atom is 0.104 e. The summed E-state index contributed by atoms with van der Waals surface area (Å²) in [6.07, 6.45) is -0.540. The van der Waals surface area contributed by atoms with Crippen LogP contribution in [0.3, 0.4) is 0 Å². The minimum atomic E-state index is -0.540. The zero-order chi connectivity index (χ0) is 13.3. The molecule has 0 saturated heterocycles. The molecule has 0 aromatic heterocycles. The molecule has 2 aromatic carbocycles. The van der Waals surface area contributed by atoms with E-state index >= 15 is 0 Å². The molecule has 94 valence electrons. The van der Waals surface area contributed by atoms with Crippen molar-refractivity contribution in [2.45, 2.75) is 26.9 Å². The Balaban J connectivity index is 2.42. The van der Waals surface area contributed by atoms with Crippen molar-refractivity contribution < 1.29 is 5.11 Å². The Kier molecular flexibility index (Phi) is 4.07. The molecular formula is C16H17IO. The standard InChI is InChI=1S/C16H17IO/c1-10-8-12(3)15(9-11(10)2)16(18)13-4-6-14(17)7-5-13/h4-9,16,18H,1-3H3. The van der Waals surface area contributed by atoms with E-state index < -0.39 is 6.10 Å². The van der Waals surface area contributed by atoms with Crippen LogP contribution in [0.25, 0.3) is 0 Å². The second-order valence-electron chi connectivity index (χ2n) is 4.75. The van der Waals surface area contributed by atoms with Gasteiger partial charge in [-0.25, -0.2) is 0 Å². The van der Waals surface area contributed by atoms with E-state index in [0.717, 1.165) is 16.7 Å². The van der Waals surface area contributed by atoms with Gasteiger partial charge in [0.1, 0.15) is 6.10 Å². The second kappa shape index (κ2) is 5.41. The minimum absolute atomic E-state index is 0.540. The number of benzene rings is 2. The van der Waals surface area contributed by atoms with Crippen LogP contribution in [0.1, 0.15) is 33.9 Å². The molecule has 0 amide bonds. The van der Waals surface area contributed by atoms with Gasteiger partial charge in [-0.1, -0.05) is 24.3 Å². The summed E-state index contributed by atoms with van der Waals surface area (Å²) in [5.74, 6) is 0. The molecule has 0 heterocycles. The van der Waals surface area contributed by atoms with Gasteiger partial charge in [-0.15, -0.1) is 0 Å². The van der Waals surface area contributed by atoms with E-state index in [4.69, 9.17) is 0 Å². The maximum absolute atomic E-state index is 10.5. The van der Waals surface area contributed by atoms with Gasteiger partial charge in [-0.05, 0) is 83.3 Å². The zero-order valence-electron chi connectivity index (χ0n) is 10.9. The van der Waals surface area contributed by atoms with E-state index in [2.05, 4.69) is 55.5 Å². The smallest absolute Gasteiger partial charge is 0.104 e. The highest BCUT2D eigenvalue weighted by molar-refractivity contribution is 14.1. The lowest BCUT2D eigenvalue weighted by Gasteiger charge is -2.16. The molecule has 0 aliphatic heterocycles. The third-order valence-electron chi connectivity index (χ3n) is 3.36. The molecule has 2 heteroatoms. The highest BCUT2D eigenvalue weighted by Gasteiger charge is 2.13. The third kappa shape index (κ3) is 2.75. The predicted octanol–water partition coefficient (Wildman–Crippen LogP) is 4.30. The van der Waals surface area contributed by atoms with Crippen molar-refractivity contribution in [3.8, 4) is 0 Å². The van der Waals surface area contributed by atoms with Crippen LogP contribution in [0, 0.1) is 24.3 Å². The fraction of sp³-hybridized carbons (Fsp3) is 0.250. The first-order valence-electron chi connectivity index (χ1n) is 6.00. The minimum Gasteiger partial charge on any atom is -0.384 e. The first kappa shape index (κ1) is 13.6. The fourth-order valence-electron chi connectivity index (χ4n) is 2.10. The molecule has 1 N–H and O–H groups in total. The van der Waals surface area contributed by atoms with Gasteiger partial charge in [-0.2, -0.15) is 0 Å². The van der Waals surface area contributed by atoms with E-state index in [9.17, 15) is 5.11 Å². The van der Waals surface area contributed by atoms with Gasteiger partial charge in [0.05, 0.1) is 0 Å². The Hall–Kier alpha value is -0.870. The molecule has 0 bridgehead atoms. The van der Waals surface area contributed by atoms with Crippen LogP contribution in [0.15, 0.2) is 36.4 Å². The largest absolute Gasteiger partial charge is 0.384 e. The molecule has 0 aliphatic rings. The van der Waals surface area contributed by atoms with Gasteiger partial charge < -0.3 is 5.11 Å². The predicted molar refractivity (Wildman–Crippen MR) is 83.9 cm³/mol. The van der Waals surface area contributed by atoms with Crippen LogP contribution in [-0.2, 0) is 0 Å². The van der Waals surface area contributed by atoms with Crippen LogP contribution < -0.4 is 0 Å². The van der Waals surface area contributed by atoms with E-state index in [-0.39, 0.29) is 0 Å². The Morgan fingerprint density at radius 1 is 0.889 bits per heavy atom. The maximum atomic E-state index is 10.5. The number of hydrogen-bond donors (Lipinski definition) is 1. The van der Waals surface area contributed by atoms with Crippen molar-refractivity contribution >= 4 is 22.6 Å². The van der Waals surface area contributed by atoms with Crippen LogP contribution in [0.2, 0.25) is 0 Å². The average Bonchev–Trinajstić information content (AvgIpc) is 2.34. The van der Waals surface area contributed by atoms with Gasteiger partial charge in [-0.3, -0.25) is 0 Å². The van der Waals surface area contributed by atoms with E-state index in [0.29, 0.717) is 0 Å². The first-order valence-corrected chi connectivity index (χ1v) is 7.08.